The molecule has 1 rings (SSSR count). The molecular formula is C9H16FNO2. The van der Waals surface area contributed by atoms with Gasteiger partial charge in [0.25, 0.3) is 0 Å². The van der Waals surface area contributed by atoms with Crippen molar-refractivity contribution in [2.45, 2.75) is 38.3 Å². The van der Waals surface area contributed by atoms with Crippen molar-refractivity contribution < 1.29 is 14.3 Å². The van der Waals surface area contributed by atoms with E-state index in [1.54, 1.807) is 0 Å². The third-order valence-electron chi connectivity index (χ3n) is 2.84. The quantitative estimate of drug-likeness (QED) is 0.703. The van der Waals surface area contributed by atoms with Crippen LogP contribution in [0.3, 0.4) is 0 Å². The Morgan fingerprint density at radius 2 is 2.38 bits per heavy atom. The first-order valence-corrected chi connectivity index (χ1v) is 4.64. The lowest BCUT2D eigenvalue weighted by Crippen LogP contribution is -2.38. The Bertz CT molecular complexity index is 198. The predicted molar refractivity (Wildman–Crippen MR) is 47.1 cm³/mol. The summed E-state index contributed by atoms with van der Waals surface area (Å²) < 4.78 is 13.1. The van der Waals surface area contributed by atoms with Gasteiger partial charge in [0.1, 0.15) is 6.17 Å². The van der Waals surface area contributed by atoms with E-state index >= 15 is 0 Å². The van der Waals surface area contributed by atoms with Gasteiger partial charge in [-0.15, -0.1) is 0 Å². The van der Waals surface area contributed by atoms with Crippen LogP contribution in [0.1, 0.15) is 32.1 Å². The van der Waals surface area contributed by atoms with Crippen molar-refractivity contribution in [2.24, 2.45) is 11.1 Å². The SMILES string of the molecule is NCC1(CC(=O)O)CCCC(F)C1. The van der Waals surface area contributed by atoms with Crippen molar-refractivity contribution in [2.75, 3.05) is 6.54 Å². The zero-order valence-corrected chi connectivity index (χ0v) is 7.63. The van der Waals surface area contributed by atoms with E-state index in [9.17, 15) is 9.18 Å². The van der Waals surface area contributed by atoms with E-state index < -0.39 is 17.6 Å². The summed E-state index contributed by atoms with van der Waals surface area (Å²) >= 11 is 0. The van der Waals surface area contributed by atoms with E-state index in [0.29, 0.717) is 12.8 Å². The number of halogens is 1. The maximum atomic E-state index is 13.1. The van der Waals surface area contributed by atoms with Crippen LogP contribution < -0.4 is 5.73 Å². The summed E-state index contributed by atoms with van der Waals surface area (Å²) in [6.45, 7) is 0.277. The molecule has 1 aliphatic carbocycles. The molecule has 0 saturated heterocycles. The van der Waals surface area contributed by atoms with Gasteiger partial charge in [-0.05, 0) is 37.6 Å². The summed E-state index contributed by atoms with van der Waals surface area (Å²) in [7, 11) is 0. The predicted octanol–water partition coefficient (Wildman–Crippen LogP) is 1.32. The van der Waals surface area contributed by atoms with Gasteiger partial charge in [-0.25, -0.2) is 4.39 Å². The molecule has 0 bridgehead atoms. The van der Waals surface area contributed by atoms with Gasteiger partial charge in [0.05, 0.1) is 6.42 Å². The highest BCUT2D eigenvalue weighted by Crippen LogP contribution is 2.39. The number of nitrogens with two attached hydrogens (primary N) is 1. The van der Waals surface area contributed by atoms with Crippen LogP contribution in [0.5, 0.6) is 0 Å². The van der Waals surface area contributed by atoms with Gasteiger partial charge in [-0.3, -0.25) is 4.79 Å². The number of alkyl halides is 1. The van der Waals surface area contributed by atoms with Crippen LogP contribution in [0.2, 0.25) is 0 Å². The molecule has 2 unspecified atom stereocenters. The number of carbonyl (C=O) groups is 1. The fourth-order valence-electron chi connectivity index (χ4n) is 2.11. The molecule has 0 aliphatic heterocycles. The summed E-state index contributed by atoms with van der Waals surface area (Å²) in [5.41, 5.74) is 5.04. The summed E-state index contributed by atoms with van der Waals surface area (Å²) in [6.07, 6.45) is 1.51. The highest BCUT2D eigenvalue weighted by molar-refractivity contribution is 5.67. The second-order valence-corrected chi connectivity index (χ2v) is 3.97. The molecule has 0 spiro atoms. The van der Waals surface area contributed by atoms with Gasteiger partial charge in [0.2, 0.25) is 0 Å². The van der Waals surface area contributed by atoms with Crippen LogP contribution >= 0.6 is 0 Å². The Kier molecular flexibility index (Phi) is 3.25. The zero-order chi connectivity index (χ0) is 9.90. The number of aliphatic carboxylic acids is 1. The molecule has 3 N–H and O–H groups in total. The molecule has 2 atom stereocenters. The van der Waals surface area contributed by atoms with Crippen LogP contribution in [0.4, 0.5) is 4.39 Å². The first-order chi connectivity index (χ1) is 6.08. The molecule has 3 nitrogen and oxygen atoms in total. The van der Waals surface area contributed by atoms with E-state index in [1.165, 1.54) is 0 Å². The van der Waals surface area contributed by atoms with E-state index in [-0.39, 0.29) is 13.0 Å². The Labute approximate surface area is 77.1 Å². The number of carboxylic acids is 1. The average Bonchev–Trinajstić information content (AvgIpc) is 2.03. The first-order valence-electron chi connectivity index (χ1n) is 4.64. The molecule has 76 valence electrons. The van der Waals surface area contributed by atoms with Crippen molar-refractivity contribution in [1.29, 1.82) is 0 Å². The first kappa shape index (κ1) is 10.4. The van der Waals surface area contributed by atoms with E-state index in [4.69, 9.17) is 10.8 Å². The minimum Gasteiger partial charge on any atom is -0.481 e. The molecule has 0 aromatic carbocycles. The summed E-state index contributed by atoms with van der Waals surface area (Å²) in [5, 5.41) is 8.67. The molecule has 0 aromatic rings. The van der Waals surface area contributed by atoms with Gasteiger partial charge < -0.3 is 10.8 Å². The van der Waals surface area contributed by atoms with Gasteiger partial charge in [0, 0.05) is 0 Å². The largest absolute Gasteiger partial charge is 0.481 e. The molecule has 0 aromatic heterocycles. The second kappa shape index (κ2) is 4.05. The molecular weight excluding hydrogens is 173 g/mol. The van der Waals surface area contributed by atoms with Crippen LogP contribution in [0.15, 0.2) is 0 Å². The van der Waals surface area contributed by atoms with Gasteiger partial charge >= 0.3 is 5.97 Å². The van der Waals surface area contributed by atoms with E-state index in [1.807, 2.05) is 0 Å². The van der Waals surface area contributed by atoms with E-state index in [2.05, 4.69) is 0 Å². The Morgan fingerprint density at radius 3 is 2.85 bits per heavy atom. The molecule has 0 heterocycles. The summed E-state index contributed by atoms with van der Waals surface area (Å²) in [6, 6.07) is 0. The summed E-state index contributed by atoms with van der Waals surface area (Å²) in [5.74, 6) is -0.875. The third-order valence-corrected chi connectivity index (χ3v) is 2.84. The maximum absolute atomic E-state index is 13.1. The second-order valence-electron chi connectivity index (χ2n) is 3.97. The molecule has 1 saturated carbocycles. The normalized spacial score (nSPS) is 34.5. The zero-order valence-electron chi connectivity index (χ0n) is 7.63. The van der Waals surface area contributed by atoms with Crippen LogP contribution in [0, 0.1) is 5.41 Å². The van der Waals surface area contributed by atoms with Crippen molar-refractivity contribution in [1.82, 2.24) is 0 Å². The fraction of sp³-hybridized carbons (Fsp3) is 0.889. The number of rotatable bonds is 3. The van der Waals surface area contributed by atoms with E-state index in [0.717, 1.165) is 12.8 Å². The lowest BCUT2D eigenvalue weighted by Gasteiger charge is -2.36. The van der Waals surface area contributed by atoms with Crippen molar-refractivity contribution >= 4 is 5.97 Å². The monoisotopic (exact) mass is 189 g/mol. The van der Waals surface area contributed by atoms with Crippen molar-refractivity contribution in [3.8, 4) is 0 Å². The summed E-state index contributed by atoms with van der Waals surface area (Å²) in [4.78, 5) is 10.6. The van der Waals surface area contributed by atoms with Crippen LogP contribution in [-0.4, -0.2) is 23.8 Å². The standard InChI is InChI=1S/C9H16FNO2/c10-7-2-1-3-9(4-7,6-11)5-8(12)13/h7H,1-6,11H2,(H,12,13). The van der Waals surface area contributed by atoms with Crippen molar-refractivity contribution in [3.63, 3.8) is 0 Å². The average molecular weight is 189 g/mol. The van der Waals surface area contributed by atoms with Gasteiger partial charge in [-0.1, -0.05) is 0 Å². The van der Waals surface area contributed by atoms with Crippen LogP contribution in [-0.2, 0) is 4.79 Å². The molecule has 0 radical (unpaired) electrons. The minimum atomic E-state index is -0.875. The lowest BCUT2D eigenvalue weighted by molar-refractivity contribution is -0.140. The number of carboxylic acid groups (broad SMARTS) is 1. The van der Waals surface area contributed by atoms with Gasteiger partial charge in [0.15, 0.2) is 0 Å². The molecule has 1 aliphatic rings. The minimum absolute atomic E-state index is 0.00389. The topological polar surface area (TPSA) is 63.3 Å². The molecule has 0 amide bonds. The Hall–Kier alpha value is -0.640. The number of hydrogen-bond acceptors (Lipinski definition) is 2. The van der Waals surface area contributed by atoms with Crippen molar-refractivity contribution in [3.05, 3.63) is 0 Å². The number of hydrogen-bond donors (Lipinski definition) is 2. The molecule has 1 fully saturated rings. The maximum Gasteiger partial charge on any atom is 0.303 e. The van der Waals surface area contributed by atoms with Gasteiger partial charge in [-0.2, -0.15) is 0 Å². The molecule has 13 heavy (non-hydrogen) atoms. The van der Waals surface area contributed by atoms with Crippen LogP contribution in [0.25, 0.3) is 0 Å². The highest BCUT2D eigenvalue weighted by atomic mass is 19.1. The Balaban J connectivity index is 2.61. The third kappa shape index (κ3) is 2.66. The molecule has 4 heteroatoms. The lowest BCUT2D eigenvalue weighted by atomic mass is 9.71. The Morgan fingerprint density at radius 1 is 1.69 bits per heavy atom. The fourth-order valence-corrected chi connectivity index (χ4v) is 2.11. The smallest absolute Gasteiger partial charge is 0.303 e. The highest BCUT2D eigenvalue weighted by Gasteiger charge is 2.37.